The molecular weight excluding hydrogens is 514 g/mol. The lowest BCUT2D eigenvalue weighted by molar-refractivity contribution is -0.140. The lowest BCUT2D eigenvalue weighted by atomic mass is 9.95. The quantitative estimate of drug-likeness (QED) is 0.449. The number of anilines is 1. The fraction of sp³-hybridized carbons (Fsp3) is 0.481. The van der Waals surface area contributed by atoms with Crippen molar-refractivity contribution in [3.05, 3.63) is 59.1 Å². The molecule has 0 aliphatic heterocycles. The van der Waals surface area contributed by atoms with Crippen LogP contribution in [-0.2, 0) is 26.2 Å². The van der Waals surface area contributed by atoms with E-state index in [-0.39, 0.29) is 24.2 Å². The maximum absolute atomic E-state index is 13.8. The molecule has 1 fully saturated rings. The van der Waals surface area contributed by atoms with Crippen molar-refractivity contribution in [3.63, 3.8) is 0 Å². The van der Waals surface area contributed by atoms with Gasteiger partial charge in [0.1, 0.15) is 18.3 Å². The molecule has 0 aromatic heterocycles. The van der Waals surface area contributed by atoms with E-state index in [2.05, 4.69) is 5.32 Å². The third-order valence-corrected chi connectivity index (χ3v) is 7.98. The second-order valence-electron chi connectivity index (χ2n) is 9.39. The largest absolute Gasteiger partial charge is 0.497 e. The SMILES string of the molecule is CC[C@@H](C(=O)NC1CCCCC1)N(Cc1cccc(OC)c1)C(=O)CN(c1cccc(Cl)c1)S(C)(=O)=O. The van der Waals surface area contributed by atoms with E-state index < -0.39 is 28.5 Å². The van der Waals surface area contributed by atoms with Crippen LogP contribution in [0.25, 0.3) is 0 Å². The zero-order chi connectivity index (χ0) is 27.0. The predicted molar refractivity (Wildman–Crippen MR) is 146 cm³/mol. The maximum atomic E-state index is 13.8. The minimum absolute atomic E-state index is 0.0862. The van der Waals surface area contributed by atoms with E-state index in [4.69, 9.17) is 16.3 Å². The Labute approximate surface area is 225 Å². The number of hydrogen-bond acceptors (Lipinski definition) is 5. The number of carbonyl (C=O) groups is 2. The molecule has 0 unspecified atom stereocenters. The molecule has 10 heteroatoms. The lowest BCUT2D eigenvalue weighted by Crippen LogP contribution is -2.53. The molecule has 1 aliphatic carbocycles. The lowest BCUT2D eigenvalue weighted by Gasteiger charge is -2.34. The van der Waals surface area contributed by atoms with Crippen LogP contribution in [0.15, 0.2) is 48.5 Å². The summed E-state index contributed by atoms with van der Waals surface area (Å²) in [6.07, 6.45) is 6.55. The van der Waals surface area contributed by atoms with Crippen molar-refractivity contribution in [2.75, 3.05) is 24.2 Å². The van der Waals surface area contributed by atoms with Gasteiger partial charge in [-0.15, -0.1) is 0 Å². The number of sulfonamides is 1. The van der Waals surface area contributed by atoms with Gasteiger partial charge < -0.3 is 15.0 Å². The molecular formula is C27H36ClN3O5S. The molecule has 2 aromatic carbocycles. The van der Waals surface area contributed by atoms with Gasteiger partial charge in [-0.05, 0) is 55.2 Å². The molecule has 37 heavy (non-hydrogen) atoms. The Morgan fingerprint density at radius 3 is 2.43 bits per heavy atom. The minimum atomic E-state index is -3.82. The molecule has 2 amide bonds. The fourth-order valence-corrected chi connectivity index (χ4v) is 5.70. The smallest absolute Gasteiger partial charge is 0.244 e. The normalized spacial score (nSPS) is 15.0. The molecule has 3 rings (SSSR count). The number of nitrogens with one attached hydrogen (secondary N) is 1. The van der Waals surface area contributed by atoms with Crippen LogP contribution in [0.1, 0.15) is 51.0 Å². The summed E-state index contributed by atoms with van der Waals surface area (Å²) >= 11 is 6.10. The van der Waals surface area contributed by atoms with Crippen LogP contribution >= 0.6 is 11.6 Å². The molecule has 0 saturated heterocycles. The van der Waals surface area contributed by atoms with Crippen molar-refractivity contribution in [2.45, 2.75) is 64.1 Å². The van der Waals surface area contributed by atoms with Crippen LogP contribution in [0.2, 0.25) is 5.02 Å². The van der Waals surface area contributed by atoms with Crippen LogP contribution in [0.4, 0.5) is 5.69 Å². The van der Waals surface area contributed by atoms with Gasteiger partial charge in [0.15, 0.2) is 0 Å². The third-order valence-electron chi connectivity index (χ3n) is 6.60. The number of halogens is 1. The molecule has 1 atom stereocenters. The molecule has 0 spiro atoms. The minimum Gasteiger partial charge on any atom is -0.497 e. The first-order valence-corrected chi connectivity index (χ1v) is 14.8. The van der Waals surface area contributed by atoms with E-state index in [9.17, 15) is 18.0 Å². The summed E-state index contributed by atoms with van der Waals surface area (Å²) in [6.45, 7) is 1.51. The van der Waals surface area contributed by atoms with E-state index in [1.165, 1.54) is 11.0 Å². The van der Waals surface area contributed by atoms with Gasteiger partial charge in [-0.2, -0.15) is 0 Å². The van der Waals surface area contributed by atoms with Crippen LogP contribution in [0.5, 0.6) is 5.75 Å². The number of carbonyl (C=O) groups excluding carboxylic acids is 2. The number of benzene rings is 2. The summed E-state index contributed by atoms with van der Waals surface area (Å²) in [4.78, 5) is 28.7. The zero-order valence-electron chi connectivity index (χ0n) is 21.7. The Kier molecular flexibility index (Phi) is 10.2. The summed E-state index contributed by atoms with van der Waals surface area (Å²) in [5.41, 5.74) is 1.05. The number of amides is 2. The standard InChI is InChI=1S/C27H36ClN3O5S/c1-4-25(27(33)29-22-12-6-5-7-13-22)30(18-20-10-8-15-24(16-20)36-2)26(32)19-31(37(3,34)35)23-14-9-11-21(28)17-23/h8-11,14-17,22,25H,4-7,12-13,18-19H2,1-3H3,(H,29,33)/t25-/m0/s1. The van der Waals surface area contributed by atoms with Crippen LogP contribution in [-0.4, -0.2) is 57.1 Å². The van der Waals surface area contributed by atoms with Crippen molar-refractivity contribution in [1.82, 2.24) is 10.2 Å². The first-order chi connectivity index (χ1) is 17.6. The summed E-state index contributed by atoms with van der Waals surface area (Å²) in [6, 6.07) is 12.9. The highest BCUT2D eigenvalue weighted by molar-refractivity contribution is 7.92. The van der Waals surface area contributed by atoms with E-state index >= 15 is 0 Å². The maximum Gasteiger partial charge on any atom is 0.244 e. The Balaban J connectivity index is 1.92. The van der Waals surface area contributed by atoms with Gasteiger partial charge in [0.2, 0.25) is 21.8 Å². The number of methoxy groups -OCH3 is 1. The highest BCUT2D eigenvalue weighted by Crippen LogP contribution is 2.24. The van der Waals surface area contributed by atoms with Gasteiger partial charge in [0.25, 0.3) is 0 Å². The monoisotopic (exact) mass is 549 g/mol. The first-order valence-electron chi connectivity index (χ1n) is 12.6. The molecule has 1 N–H and O–H groups in total. The Morgan fingerprint density at radius 2 is 1.81 bits per heavy atom. The van der Waals surface area contributed by atoms with Gasteiger partial charge in [0, 0.05) is 17.6 Å². The molecule has 2 aromatic rings. The summed E-state index contributed by atoms with van der Waals surface area (Å²) in [5, 5.41) is 3.48. The average Bonchev–Trinajstić information content (AvgIpc) is 2.87. The van der Waals surface area contributed by atoms with E-state index in [0.717, 1.165) is 48.2 Å². The number of hydrogen-bond donors (Lipinski definition) is 1. The van der Waals surface area contributed by atoms with Gasteiger partial charge in [-0.3, -0.25) is 13.9 Å². The summed E-state index contributed by atoms with van der Waals surface area (Å²) < 4.78 is 31.7. The van der Waals surface area contributed by atoms with Crippen molar-refractivity contribution < 1.29 is 22.7 Å². The second kappa shape index (κ2) is 13.1. The molecule has 0 radical (unpaired) electrons. The van der Waals surface area contributed by atoms with Crippen molar-refractivity contribution in [3.8, 4) is 5.75 Å². The van der Waals surface area contributed by atoms with Gasteiger partial charge >= 0.3 is 0 Å². The fourth-order valence-electron chi connectivity index (χ4n) is 4.68. The van der Waals surface area contributed by atoms with Gasteiger partial charge in [-0.1, -0.05) is 56.0 Å². The van der Waals surface area contributed by atoms with Gasteiger partial charge in [-0.25, -0.2) is 8.42 Å². The van der Waals surface area contributed by atoms with Crippen LogP contribution in [0, 0.1) is 0 Å². The van der Waals surface area contributed by atoms with Crippen molar-refractivity contribution >= 4 is 39.1 Å². The number of rotatable bonds is 11. The van der Waals surface area contributed by atoms with E-state index in [1.807, 2.05) is 19.1 Å². The Hall–Kier alpha value is -2.78. The van der Waals surface area contributed by atoms with Crippen LogP contribution in [0.3, 0.4) is 0 Å². The Morgan fingerprint density at radius 1 is 1.11 bits per heavy atom. The molecule has 1 saturated carbocycles. The topological polar surface area (TPSA) is 96.0 Å². The highest BCUT2D eigenvalue weighted by Gasteiger charge is 2.33. The highest BCUT2D eigenvalue weighted by atomic mass is 35.5. The zero-order valence-corrected chi connectivity index (χ0v) is 23.2. The molecule has 0 heterocycles. The average molecular weight is 550 g/mol. The Bertz CT molecular complexity index is 1180. The third kappa shape index (κ3) is 8.10. The van der Waals surface area contributed by atoms with Crippen molar-refractivity contribution in [2.24, 2.45) is 0 Å². The number of nitrogens with zero attached hydrogens (tertiary/aromatic N) is 2. The van der Waals surface area contributed by atoms with Gasteiger partial charge in [0.05, 0.1) is 19.1 Å². The predicted octanol–water partition coefficient (Wildman–Crippen LogP) is 4.37. The summed E-state index contributed by atoms with van der Waals surface area (Å²) in [5.74, 6) is -0.0838. The first kappa shape index (κ1) is 28.8. The van der Waals surface area contributed by atoms with Crippen LogP contribution < -0.4 is 14.4 Å². The molecule has 0 bridgehead atoms. The van der Waals surface area contributed by atoms with E-state index in [0.29, 0.717) is 17.2 Å². The molecule has 1 aliphatic rings. The second-order valence-corrected chi connectivity index (χ2v) is 11.7. The summed E-state index contributed by atoms with van der Waals surface area (Å²) in [7, 11) is -2.26. The molecule has 202 valence electrons. The van der Waals surface area contributed by atoms with E-state index in [1.54, 1.807) is 37.4 Å². The number of ether oxygens (including phenoxy) is 1. The van der Waals surface area contributed by atoms with Crippen molar-refractivity contribution in [1.29, 1.82) is 0 Å². The molecule has 8 nitrogen and oxygen atoms in total.